The highest BCUT2D eigenvalue weighted by Crippen LogP contribution is 2.25. The van der Waals surface area contributed by atoms with Gasteiger partial charge in [-0.15, -0.1) is 0 Å². The predicted octanol–water partition coefficient (Wildman–Crippen LogP) is 2.79. The van der Waals surface area contributed by atoms with Gasteiger partial charge in [0.25, 0.3) is 0 Å². The van der Waals surface area contributed by atoms with Gasteiger partial charge in [-0.25, -0.2) is 8.42 Å². The summed E-state index contributed by atoms with van der Waals surface area (Å²) in [5, 5.41) is 3.47. The maximum atomic E-state index is 11.5. The first-order chi connectivity index (χ1) is 13.6. The Bertz CT molecular complexity index is 754. The van der Waals surface area contributed by atoms with Crippen molar-refractivity contribution in [2.24, 2.45) is 10.4 Å². The molecule has 2 rings (SSSR count). The van der Waals surface area contributed by atoms with Crippen LogP contribution in [0.4, 0.5) is 0 Å². The van der Waals surface area contributed by atoms with Crippen molar-refractivity contribution in [2.45, 2.75) is 39.7 Å². The topological polar surface area (TPSA) is 65.0 Å². The van der Waals surface area contributed by atoms with Gasteiger partial charge in [0.05, 0.1) is 5.75 Å². The van der Waals surface area contributed by atoms with E-state index in [2.05, 4.69) is 71.2 Å². The van der Waals surface area contributed by atoms with Crippen LogP contribution < -0.4 is 5.32 Å². The number of sulfone groups is 1. The Hall–Kier alpha value is -1.60. The van der Waals surface area contributed by atoms with Crippen LogP contribution in [0.3, 0.4) is 0 Å². The SMILES string of the molecule is CCC(c1ccccc1)N1CCN(C(=NC)NCC(C)(C)CCS(C)(=O)=O)CC1. The van der Waals surface area contributed by atoms with Crippen molar-refractivity contribution in [3.63, 3.8) is 0 Å². The minimum atomic E-state index is -2.94. The highest BCUT2D eigenvalue weighted by molar-refractivity contribution is 7.90. The van der Waals surface area contributed by atoms with Crippen LogP contribution >= 0.6 is 0 Å². The Balaban J connectivity index is 1.88. The fourth-order valence-corrected chi connectivity index (χ4v) is 4.75. The summed E-state index contributed by atoms with van der Waals surface area (Å²) in [5.41, 5.74) is 1.28. The Morgan fingerprint density at radius 3 is 2.31 bits per heavy atom. The molecule has 6 nitrogen and oxygen atoms in total. The second kappa shape index (κ2) is 10.4. The summed E-state index contributed by atoms with van der Waals surface area (Å²) in [6, 6.07) is 11.2. The highest BCUT2D eigenvalue weighted by Gasteiger charge is 2.26. The van der Waals surface area contributed by atoms with E-state index in [0.717, 1.165) is 38.6 Å². The maximum Gasteiger partial charge on any atom is 0.193 e. The average Bonchev–Trinajstić information content (AvgIpc) is 2.69. The Kier molecular flexibility index (Phi) is 8.52. The Morgan fingerprint density at radius 1 is 1.17 bits per heavy atom. The number of hydrogen-bond donors (Lipinski definition) is 1. The number of nitrogens with zero attached hydrogens (tertiary/aromatic N) is 3. The Morgan fingerprint density at radius 2 is 1.79 bits per heavy atom. The van der Waals surface area contributed by atoms with Crippen LogP contribution in [0.2, 0.25) is 0 Å². The minimum absolute atomic E-state index is 0.110. The highest BCUT2D eigenvalue weighted by atomic mass is 32.2. The maximum absolute atomic E-state index is 11.5. The summed E-state index contributed by atoms with van der Waals surface area (Å²) >= 11 is 0. The molecule has 29 heavy (non-hydrogen) atoms. The normalized spacial score (nSPS) is 18.0. The largest absolute Gasteiger partial charge is 0.356 e. The summed E-state index contributed by atoms with van der Waals surface area (Å²) in [7, 11) is -1.12. The molecule has 1 saturated heterocycles. The summed E-state index contributed by atoms with van der Waals surface area (Å²) in [4.78, 5) is 9.34. The second-order valence-electron chi connectivity index (χ2n) is 8.80. The van der Waals surface area contributed by atoms with Gasteiger partial charge in [0.2, 0.25) is 0 Å². The van der Waals surface area contributed by atoms with E-state index in [1.807, 2.05) is 7.05 Å². The zero-order chi connectivity index (χ0) is 21.5. The molecule has 1 heterocycles. The van der Waals surface area contributed by atoms with Crippen molar-refractivity contribution in [3.05, 3.63) is 35.9 Å². The molecule has 1 aromatic rings. The van der Waals surface area contributed by atoms with E-state index >= 15 is 0 Å². The molecule has 164 valence electrons. The number of guanidine groups is 1. The third kappa shape index (κ3) is 7.63. The van der Waals surface area contributed by atoms with Crippen LogP contribution in [0, 0.1) is 5.41 Å². The van der Waals surface area contributed by atoms with Gasteiger partial charge in [0.1, 0.15) is 9.84 Å². The summed E-state index contributed by atoms with van der Waals surface area (Å²) in [6.07, 6.45) is 3.04. The summed E-state index contributed by atoms with van der Waals surface area (Å²) in [5.74, 6) is 1.13. The molecular formula is C22H38N4O2S. The third-order valence-electron chi connectivity index (χ3n) is 5.71. The van der Waals surface area contributed by atoms with E-state index in [1.54, 1.807) is 0 Å². The monoisotopic (exact) mass is 422 g/mol. The van der Waals surface area contributed by atoms with E-state index in [4.69, 9.17) is 0 Å². The van der Waals surface area contributed by atoms with Crippen LogP contribution in [0.15, 0.2) is 35.3 Å². The molecule has 0 spiro atoms. The van der Waals surface area contributed by atoms with Gasteiger partial charge in [-0.1, -0.05) is 51.1 Å². The predicted molar refractivity (Wildman–Crippen MR) is 122 cm³/mol. The van der Waals surface area contributed by atoms with E-state index in [1.165, 1.54) is 11.8 Å². The van der Waals surface area contributed by atoms with Crippen molar-refractivity contribution in [3.8, 4) is 0 Å². The molecule has 1 atom stereocenters. The van der Waals surface area contributed by atoms with Gasteiger partial charge in [0, 0.05) is 52.1 Å². The first-order valence-corrected chi connectivity index (χ1v) is 12.6. The zero-order valence-electron chi connectivity index (χ0n) is 18.7. The van der Waals surface area contributed by atoms with Crippen molar-refractivity contribution in [1.82, 2.24) is 15.1 Å². The number of rotatable bonds is 8. The lowest BCUT2D eigenvalue weighted by Crippen LogP contribution is -2.54. The molecule has 0 aliphatic carbocycles. The van der Waals surface area contributed by atoms with Gasteiger partial charge < -0.3 is 10.2 Å². The van der Waals surface area contributed by atoms with Crippen LogP contribution in [0.5, 0.6) is 0 Å². The van der Waals surface area contributed by atoms with Crippen molar-refractivity contribution >= 4 is 15.8 Å². The second-order valence-corrected chi connectivity index (χ2v) is 11.1. The first kappa shape index (κ1) is 23.7. The average molecular weight is 423 g/mol. The molecule has 0 radical (unpaired) electrons. The van der Waals surface area contributed by atoms with Crippen molar-refractivity contribution < 1.29 is 8.42 Å². The lowest BCUT2D eigenvalue weighted by Gasteiger charge is -2.41. The van der Waals surface area contributed by atoms with Gasteiger partial charge >= 0.3 is 0 Å². The fourth-order valence-electron chi connectivity index (χ4n) is 3.83. The molecule has 1 aliphatic heterocycles. The lowest BCUT2D eigenvalue weighted by atomic mass is 9.90. The number of nitrogens with one attached hydrogen (secondary N) is 1. The lowest BCUT2D eigenvalue weighted by molar-refractivity contribution is 0.126. The summed E-state index contributed by atoms with van der Waals surface area (Å²) < 4.78 is 23.0. The molecule has 1 fully saturated rings. The number of aliphatic imine (C=N–C) groups is 1. The molecule has 0 amide bonds. The molecular weight excluding hydrogens is 384 g/mol. The zero-order valence-corrected chi connectivity index (χ0v) is 19.5. The smallest absolute Gasteiger partial charge is 0.193 e. The van der Waals surface area contributed by atoms with Crippen LogP contribution in [-0.4, -0.2) is 76.0 Å². The Labute approximate surface area is 177 Å². The van der Waals surface area contributed by atoms with Gasteiger partial charge in [0.15, 0.2) is 5.96 Å². The van der Waals surface area contributed by atoms with Crippen molar-refractivity contribution in [1.29, 1.82) is 0 Å². The molecule has 1 aliphatic rings. The number of benzene rings is 1. The number of hydrogen-bond acceptors (Lipinski definition) is 4. The molecule has 0 saturated carbocycles. The quantitative estimate of drug-likeness (QED) is 0.515. The molecule has 7 heteroatoms. The molecule has 0 aromatic heterocycles. The van der Waals surface area contributed by atoms with E-state index in [0.29, 0.717) is 19.0 Å². The molecule has 1 aromatic carbocycles. The van der Waals surface area contributed by atoms with Crippen LogP contribution in [0.25, 0.3) is 0 Å². The van der Waals surface area contributed by atoms with Gasteiger partial charge in [-0.2, -0.15) is 0 Å². The fraction of sp³-hybridized carbons (Fsp3) is 0.682. The molecule has 1 N–H and O–H groups in total. The minimum Gasteiger partial charge on any atom is -0.356 e. The van der Waals surface area contributed by atoms with Gasteiger partial charge in [-0.3, -0.25) is 9.89 Å². The van der Waals surface area contributed by atoms with Crippen LogP contribution in [-0.2, 0) is 9.84 Å². The first-order valence-electron chi connectivity index (χ1n) is 10.6. The van der Waals surface area contributed by atoms with Crippen LogP contribution in [0.1, 0.15) is 45.2 Å². The van der Waals surface area contributed by atoms with E-state index < -0.39 is 9.84 Å². The third-order valence-corrected chi connectivity index (χ3v) is 6.66. The van der Waals surface area contributed by atoms with E-state index in [-0.39, 0.29) is 11.2 Å². The number of piperazine rings is 1. The van der Waals surface area contributed by atoms with E-state index in [9.17, 15) is 8.42 Å². The summed E-state index contributed by atoms with van der Waals surface area (Å²) in [6.45, 7) is 11.0. The standard InChI is InChI=1S/C22H38N4O2S/c1-6-20(19-10-8-7-9-11-19)25-13-15-26(16-14-25)21(23-4)24-18-22(2,3)12-17-29(5,27)28/h7-11,20H,6,12-18H2,1-5H3,(H,23,24). The molecule has 1 unspecified atom stereocenters. The molecule has 0 bridgehead atoms. The van der Waals surface area contributed by atoms with Crippen molar-refractivity contribution in [2.75, 3.05) is 51.8 Å². The van der Waals surface area contributed by atoms with Gasteiger partial charge in [-0.05, 0) is 23.8 Å².